The van der Waals surface area contributed by atoms with Crippen LogP contribution >= 0.6 is 11.3 Å². The van der Waals surface area contributed by atoms with Crippen LogP contribution in [-0.2, 0) is 0 Å². The molecule has 0 spiro atoms. The van der Waals surface area contributed by atoms with Gasteiger partial charge in [0.05, 0.1) is 5.69 Å². The smallest absolute Gasteiger partial charge is 0.282 e. The molecule has 156 valence electrons. The van der Waals surface area contributed by atoms with E-state index in [1.807, 2.05) is 22.7 Å². The zero-order chi connectivity index (χ0) is 20.7. The molecule has 1 atom stereocenters. The Kier molecular flexibility index (Phi) is 5.16. The van der Waals surface area contributed by atoms with Gasteiger partial charge in [-0.15, -0.1) is 11.3 Å². The maximum Gasteiger partial charge on any atom is 0.282 e. The monoisotopic (exact) mass is 421 g/mol. The number of fused-ring (bicyclic) bond motifs is 1. The van der Waals surface area contributed by atoms with Gasteiger partial charge in [-0.3, -0.25) is 4.79 Å². The highest BCUT2D eigenvalue weighted by Gasteiger charge is 2.23. The first-order valence-electron chi connectivity index (χ1n) is 10.7. The Morgan fingerprint density at radius 1 is 1.27 bits per heavy atom. The maximum atomic E-state index is 12.9. The largest absolute Gasteiger partial charge is 0.345 e. The first kappa shape index (κ1) is 19.5. The summed E-state index contributed by atoms with van der Waals surface area (Å²) in [5.41, 5.74) is 5.29. The van der Waals surface area contributed by atoms with Crippen LogP contribution in [0.25, 0.3) is 27.9 Å². The molecule has 1 aliphatic carbocycles. The quantitative estimate of drug-likeness (QED) is 0.686. The molecule has 5 rings (SSSR count). The van der Waals surface area contributed by atoms with Crippen molar-refractivity contribution >= 4 is 33.9 Å². The van der Waals surface area contributed by atoms with Gasteiger partial charge < -0.3 is 14.8 Å². The van der Waals surface area contributed by atoms with Crippen LogP contribution in [0, 0.1) is 5.92 Å². The topological polar surface area (TPSA) is 65.1 Å². The number of thiazole rings is 1. The molecule has 2 aliphatic rings. The first-order chi connectivity index (χ1) is 14.6. The molecule has 7 heteroatoms. The number of carbonyl (C=O) groups is 1. The lowest BCUT2D eigenvalue weighted by atomic mass is 9.88. The number of hydrogen-bond acceptors (Lipinski definition) is 5. The molecule has 1 aliphatic heterocycles. The summed E-state index contributed by atoms with van der Waals surface area (Å²) in [6.07, 6.45) is 9.75. The number of likely N-dealkylation sites (N-methyl/N-ethyl adjacent to an activating group) is 1. The molecule has 0 bridgehead atoms. The van der Waals surface area contributed by atoms with Gasteiger partial charge in [-0.1, -0.05) is 13.0 Å². The number of hydrogen-bond donors (Lipinski definition) is 1. The third kappa shape index (κ3) is 3.68. The molecule has 1 fully saturated rings. The molecule has 0 radical (unpaired) electrons. The van der Waals surface area contributed by atoms with Crippen molar-refractivity contribution < 1.29 is 4.79 Å². The van der Waals surface area contributed by atoms with Crippen LogP contribution in [0.2, 0.25) is 0 Å². The zero-order valence-corrected chi connectivity index (χ0v) is 18.3. The van der Waals surface area contributed by atoms with Gasteiger partial charge in [0.15, 0.2) is 5.01 Å². The standard InChI is InChI=1S/C23H27N5OS/c1-15-3-5-16(6-4-15)17-11-18-19(13-25-21(18)24-12-17)20-14-30-22(26-20)23(29)28-9-7-27(2)8-10-28/h5,11-15H,3-4,6-10H2,1-2H3,(H,24,25). The van der Waals surface area contributed by atoms with Crippen LogP contribution in [0.4, 0.5) is 0 Å². The van der Waals surface area contributed by atoms with Gasteiger partial charge in [-0.05, 0) is 49.4 Å². The molecule has 4 heterocycles. The number of amides is 1. The molecule has 3 aromatic rings. The van der Waals surface area contributed by atoms with Crippen molar-refractivity contribution in [1.29, 1.82) is 0 Å². The summed E-state index contributed by atoms with van der Waals surface area (Å²) in [6.45, 7) is 5.66. The predicted molar refractivity (Wildman–Crippen MR) is 122 cm³/mol. The van der Waals surface area contributed by atoms with Gasteiger partial charge in [-0.2, -0.15) is 0 Å². The molecule has 1 unspecified atom stereocenters. The second-order valence-corrected chi connectivity index (χ2v) is 9.42. The summed E-state index contributed by atoms with van der Waals surface area (Å²) in [5, 5.41) is 3.62. The number of pyridine rings is 1. The molecule has 1 N–H and O–H groups in total. The van der Waals surface area contributed by atoms with Gasteiger partial charge in [0.2, 0.25) is 0 Å². The van der Waals surface area contributed by atoms with Crippen LogP contribution in [0.15, 0.2) is 29.9 Å². The van der Waals surface area contributed by atoms with E-state index in [1.165, 1.54) is 28.9 Å². The summed E-state index contributed by atoms with van der Waals surface area (Å²) >= 11 is 1.43. The number of carbonyl (C=O) groups excluding carboxylic acids is 1. The molecule has 1 saturated heterocycles. The summed E-state index contributed by atoms with van der Waals surface area (Å²) in [7, 11) is 2.09. The van der Waals surface area contributed by atoms with E-state index in [1.54, 1.807) is 0 Å². The van der Waals surface area contributed by atoms with Gasteiger partial charge in [0, 0.05) is 54.9 Å². The number of aromatic nitrogens is 3. The molecule has 30 heavy (non-hydrogen) atoms. The lowest BCUT2D eigenvalue weighted by molar-refractivity contribution is 0.0664. The highest BCUT2D eigenvalue weighted by molar-refractivity contribution is 7.12. The Labute approximate surface area is 180 Å². The number of H-pyrrole nitrogens is 1. The number of allylic oxidation sites excluding steroid dienone is 2. The van der Waals surface area contributed by atoms with Crippen molar-refractivity contribution in [3.63, 3.8) is 0 Å². The number of piperazine rings is 1. The van der Waals surface area contributed by atoms with Gasteiger partial charge in [-0.25, -0.2) is 9.97 Å². The molecular weight excluding hydrogens is 394 g/mol. The molecule has 1 amide bonds. The fourth-order valence-corrected chi connectivity index (χ4v) is 5.04. The van der Waals surface area contributed by atoms with E-state index in [-0.39, 0.29) is 5.91 Å². The van der Waals surface area contributed by atoms with E-state index in [4.69, 9.17) is 4.98 Å². The van der Waals surface area contributed by atoms with Crippen LogP contribution in [-0.4, -0.2) is 63.9 Å². The molecule has 0 saturated carbocycles. The van der Waals surface area contributed by atoms with Crippen LogP contribution in [0.1, 0.15) is 41.6 Å². The van der Waals surface area contributed by atoms with Crippen molar-refractivity contribution in [2.75, 3.05) is 33.2 Å². The zero-order valence-electron chi connectivity index (χ0n) is 17.5. The highest BCUT2D eigenvalue weighted by atomic mass is 32.1. The lowest BCUT2D eigenvalue weighted by Crippen LogP contribution is -2.47. The van der Waals surface area contributed by atoms with Crippen molar-refractivity contribution in [2.24, 2.45) is 5.92 Å². The van der Waals surface area contributed by atoms with Crippen molar-refractivity contribution in [1.82, 2.24) is 24.8 Å². The van der Waals surface area contributed by atoms with E-state index >= 15 is 0 Å². The summed E-state index contributed by atoms with van der Waals surface area (Å²) in [5.74, 6) is 0.805. The van der Waals surface area contributed by atoms with E-state index in [9.17, 15) is 4.79 Å². The van der Waals surface area contributed by atoms with E-state index in [2.05, 4.69) is 41.0 Å². The Morgan fingerprint density at radius 3 is 2.87 bits per heavy atom. The van der Waals surface area contributed by atoms with E-state index < -0.39 is 0 Å². The minimum absolute atomic E-state index is 0.0412. The van der Waals surface area contributed by atoms with Crippen molar-refractivity contribution in [3.8, 4) is 11.3 Å². The Hall–Kier alpha value is -2.51. The summed E-state index contributed by atoms with van der Waals surface area (Å²) in [6, 6.07) is 2.22. The maximum absolute atomic E-state index is 12.9. The molecule has 0 aromatic carbocycles. The second kappa shape index (κ2) is 7.96. The van der Waals surface area contributed by atoms with E-state index in [0.717, 1.165) is 67.2 Å². The third-order valence-electron chi connectivity index (χ3n) is 6.33. The SMILES string of the molecule is CC1CC=C(c2cnc3[nH]cc(-c4csc(C(=O)N5CCN(C)CC5)n4)c3c2)CC1. The number of rotatable bonds is 3. The van der Waals surface area contributed by atoms with Crippen molar-refractivity contribution in [3.05, 3.63) is 40.5 Å². The fraction of sp³-hybridized carbons (Fsp3) is 0.435. The fourth-order valence-electron chi connectivity index (χ4n) is 4.26. The number of nitrogens with one attached hydrogen (secondary N) is 1. The Bertz CT molecular complexity index is 1110. The normalized spacial score (nSPS) is 20.5. The average molecular weight is 422 g/mol. The summed E-state index contributed by atoms with van der Waals surface area (Å²) < 4.78 is 0. The molecule has 6 nitrogen and oxygen atoms in total. The predicted octanol–water partition coefficient (Wildman–Crippen LogP) is 4.28. The van der Waals surface area contributed by atoms with E-state index in [0.29, 0.717) is 5.01 Å². The Balaban J connectivity index is 1.42. The average Bonchev–Trinajstić information content (AvgIpc) is 3.41. The van der Waals surface area contributed by atoms with Crippen LogP contribution < -0.4 is 0 Å². The van der Waals surface area contributed by atoms with Crippen LogP contribution in [0.3, 0.4) is 0 Å². The lowest BCUT2D eigenvalue weighted by Gasteiger charge is -2.31. The third-order valence-corrected chi connectivity index (χ3v) is 7.16. The minimum Gasteiger partial charge on any atom is -0.345 e. The number of nitrogens with zero attached hydrogens (tertiary/aromatic N) is 4. The summed E-state index contributed by atoms with van der Waals surface area (Å²) in [4.78, 5) is 29.6. The van der Waals surface area contributed by atoms with Gasteiger partial charge in [0.1, 0.15) is 5.65 Å². The van der Waals surface area contributed by atoms with Gasteiger partial charge >= 0.3 is 0 Å². The Morgan fingerprint density at radius 2 is 2.10 bits per heavy atom. The minimum atomic E-state index is 0.0412. The molecule has 3 aromatic heterocycles. The highest BCUT2D eigenvalue weighted by Crippen LogP contribution is 2.34. The number of aromatic amines is 1. The molecular formula is C23H27N5OS. The van der Waals surface area contributed by atoms with Gasteiger partial charge in [0.25, 0.3) is 5.91 Å². The first-order valence-corrected chi connectivity index (χ1v) is 11.6. The second-order valence-electron chi connectivity index (χ2n) is 8.56. The van der Waals surface area contributed by atoms with Crippen LogP contribution in [0.5, 0.6) is 0 Å². The van der Waals surface area contributed by atoms with Crippen molar-refractivity contribution in [2.45, 2.75) is 26.2 Å².